The highest BCUT2D eigenvalue weighted by atomic mass is 32.2. The Labute approximate surface area is 127 Å². The molecule has 1 heterocycles. The van der Waals surface area contributed by atoms with E-state index in [0.717, 1.165) is 42.8 Å². The lowest BCUT2D eigenvalue weighted by molar-refractivity contribution is -0.142. The number of aliphatic carboxylic acids is 1. The monoisotopic (exact) mass is 318 g/mol. The van der Waals surface area contributed by atoms with Gasteiger partial charge >= 0.3 is 5.97 Å². The van der Waals surface area contributed by atoms with Crippen LogP contribution in [0.5, 0.6) is 0 Å². The fourth-order valence-corrected chi connectivity index (χ4v) is 5.17. The van der Waals surface area contributed by atoms with E-state index in [4.69, 9.17) is 0 Å². The molecule has 2 atom stereocenters. The lowest BCUT2D eigenvalue weighted by atomic mass is 9.85. The molecule has 0 aromatic heterocycles. The number of nitrogens with zero attached hydrogens (tertiary/aromatic N) is 1. The minimum Gasteiger partial charge on any atom is -0.480 e. The lowest BCUT2D eigenvalue weighted by Gasteiger charge is -2.35. The number of carboxylic acid groups (broad SMARTS) is 1. The average molecular weight is 318 g/mol. The van der Waals surface area contributed by atoms with Crippen LogP contribution in [0.1, 0.15) is 58.3 Å². The van der Waals surface area contributed by atoms with Gasteiger partial charge < -0.3 is 5.11 Å². The molecule has 0 aromatic carbocycles. The fraction of sp³-hybridized carbons (Fsp3) is 0.929. The van der Waals surface area contributed by atoms with Gasteiger partial charge in [0.25, 0.3) is 10.2 Å². The molecule has 1 aliphatic heterocycles. The van der Waals surface area contributed by atoms with Crippen LogP contribution in [0.15, 0.2) is 0 Å². The number of rotatable bonds is 5. The molecule has 6 nitrogen and oxygen atoms in total. The Morgan fingerprint density at radius 3 is 2.38 bits per heavy atom. The molecule has 2 fully saturated rings. The molecule has 1 aliphatic carbocycles. The first-order valence-electron chi connectivity index (χ1n) is 7.93. The highest BCUT2D eigenvalue weighted by Crippen LogP contribution is 2.27. The van der Waals surface area contributed by atoms with Crippen LogP contribution in [0, 0.1) is 5.92 Å². The van der Waals surface area contributed by atoms with E-state index in [0.29, 0.717) is 18.9 Å². The molecule has 2 unspecified atom stereocenters. The van der Waals surface area contributed by atoms with Gasteiger partial charge in [0.15, 0.2) is 0 Å². The molecule has 0 bridgehead atoms. The first-order chi connectivity index (χ1) is 9.92. The average Bonchev–Trinajstić information content (AvgIpc) is 2.47. The van der Waals surface area contributed by atoms with Crippen LogP contribution in [0.3, 0.4) is 0 Å². The number of nitrogens with one attached hydrogen (secondary N) is 1. The van der Waals surface area contributed by atoms with E-state index in [1.165, 1.54) is 6.42 Å². The summed E-state index contributed by atoms with van der Waals surface area (Å²) in [4.78, 5) is 11.3. The van der Waals surface area contributed by atoms with Crippen molar-refractivity contribution < 1.29 is 18.3 Å². The molecule has 0 radical (unpaired) electrons. The normalized spacial score (nSPS) is 27.4. The van der Waals surface area contributed by atoms with Crippen LogP contribution in [0.25, 0.3) is 0 Å². The molecule has 122 valence electrons. The Hall–Kier alpha value is -0.660. The molecular weight excluding hydrogens is 292 g/mol. The van der Waals surface area contributed by atoms with Crippen molar-refractivity contribution in [2.24, 2.45) is 5.92 Å². The van der Waals surface area contributed by atoms with E-state index in [-0.39, 0.29) is 6.04 Å². The van der Waals surface area contributed by atoms with E-state index in [9.17, 15) is 18.3 Å². The van der Waals surface area contributed by atoms with E-state index >= 15 is 0 Å². The molecule has 1 saturated heterocycles. The second-order valence-electron chi connectivity index (χ2n) is 6.27. The number of carbonyl (C=O) groups is 1. The smallest absolute Gasteiger partial charge is 0.322 e. The summed E-state index contributed by atoms with van der Waals surface area (Å²) in [5, 5.41) is 9.22. The third-order valence-corrected chi connectivity index (χ3v) is 6.46. The van der Waals surface area contributed by atoms with Crippen molar-refractivity contribution >= 4 is 16.2 Å². The topological polar surface area (TPSA) is 86.7 Å². The van der Waals surface area contributed by atoms with Gasteiger partial charge in [-0.25, -0.2) is 0 Å². The molecule has 2 rings (SSSR count). The molecule has 7 heteroatoms. The predicted octanol–water partition coefficient (Wildman–Crippen LogP) is 1.73. The summed E-state index contributed by atoms with van der Waals surface area (Å²) in [7, 11) is -3.72. The SMILES string of the molecule is CC(NS(=O)(=O)N1CCCCC1C(=O)O)C1CCCCC1. The Balaban J connectivity index is 2.03. The van der Waals surface area contributed by atoms with Gasteiger partial charge in [-0.05, 0) is 44.9 Å². The van der Waals surface area contributed by atoms with Gasteiger partial charge in [-0.2, -0.15) is 17.4 Å². The van der Waals surface area contributed by atoms with Crippen LogP contribution in [-0.2, 0) is 15.0 Å². The van der Waals surface area contributed by atoms with E-state index < -0.39 is 22.2 Å². The van der Waals surface area contributed by atoms with Gasteiger partial charge in [0.05, 0.1) is 0 Å². The van der Waals surface area contributed by atoms with Gasteiger partial charge in [-0.15, -0.1) is 0 Å². The van der Waals surface area contributed by atoms with Crippen LogP contribution < -0.4 is 4.72 Å². The first-order valence-corrected chi connectivity index (χ1v) is 9.38. The van der Waals surface area contributed by atoms with Gasteiger partial charge in [0.2, 0.25) is 0 Å². The van der Waals surface area contributed by atoms with E-state index in [2.05, 4.69) is 4.72 Å². The highest BCUT2D eigenvalue weighted by Gasteiger charge is 2.38. The van der Waals surface area contributed by atoms with Crippen molar-refractivity contribution in [1.82, 2.24) is 9.03 Å². The van der Waals surface area contributed by atoms with E-state index in [1.54, 1.807) is 0 Å². The van der Waals surface area contributed by atoms with Gasteiger partial charge in [-0.3, -0.25) is 4.79 Å². The van der Waals surface area contributed by atoms with Crippen LogP contribution in [0.2, 0.25) is 0 Å². The molecule has 0 aromatic rings. The zero-order valence-electron chi connectivity index (χ0n) is 12.6. The third kappa shape index (κ3) is 4.17. The Bertz CT molecular complexity index is 460. The van der Waals surface area contributed by atoms with Crippen molar-refractivity contribution in [1.29, 1.82) is 0 Å². The molecule has 2 N–H and O–H groups in total. The summed E-state index contributed by atoms with van der Waals surface area (Å²) < 4.78 is 28.9. The summed E-state index contributed by atoms with van der Waals surface area (Å²) in [6.07, 6.45) is 7.51. The lowest BCUT2D eigenvalue weighted by Crippen LogP contribution is -2.54. The minimum absolute atomic E-state index is 0.133. The van der Waals surface area contributed by atoms with E-state index in [1.807, 2.05) is 6.92 Å². The maximum absolute atomic E-state index is 12.5. The molecule has 0 amide bonds. The molecule has 2 aliphatic rings. The van der Waals surface area contributed by atoms with Crippen molar-refractivity contribution in [3.05, 3.63) is 0 Å². The zero-order chi connectivity index (χ0) is 15.5. The number of piperidine rings is 1. The number of hydrogen-bond acceptors (Lipinski definition) is 3. The first kappa shape index (κ1) is 16.7. The second kappa shape index (κ2) is 7.07. The fourth-order valence-electron chi connectivity index (χ4n) is 3.47. The summed E-state index contributed by atoms with van der Waals surface area (Å²) in [6, 6.07) is -1.05. The van der Waals surface area contributed by atoms with Crippen molar-refractivity contribution in [3.63, 3.8) is 0 Å². The summed E-state index contributed by atoms with van der Waals surface area (Å²) in [5.41, 5.74) is 0. The van der Waals surface area contributed by atoms with Crippen molar-refractivity contribution in [2.75, 3.05) is 6.54 Å². The van der Waals surface area contributed by atoms with Crippen molar-refractivity contribution in [2.45, 2.75) is 70.4 Å². The maximum Gasteiger partial charge on any atom is 0.322 e. The Morgan fingerprint density at radius 2 is 1.76 bits per heavy atom. The molecular formula is C14H26N2O4S. The van der Waals surface area contributed by atoms with Crippen LogP contribution in [-0.4, -0.2) is 42.4 Å². The summed E-state index contributed by atoms with van der Waals surface area (Å²) in [6.45, 7) is 2.19. The Morgan fingerprint density at radius 1 is 1.14 bits per heavy atom. The van der Waals surface area contributed by atoms with Gasteiger partial charge in [0.1, 0.15) is 6.04 Å². The standard InChI is InChI=1S/C14H26N2O4S/c1-11(12-7-3-2-4-8-12)15-21(19,20)16-10-6-5-9-13(16)14(17)18/h11-13,15H,2-10H2,1H3,(H,17,18). The molecule has 0 spiro atoms. The largest absolute Gasteiger partial charge is 0.480 e. The summed E-state index contributed by atoms with van der Waals surface area (Å²) >= 11 is 0. The van der Waals surface area contributed by atoms with Gasteiger partial charge in [0, 0.05) is 12.6 Å². The second-order valence-corrected chi connectivity index (χ2v) is 7.93. The van der Waals surface area contributed by atoms with Crippen LogP contribution in [0.4, 0.5) is 0 Å². The van der Waals surface area contributed by atoms with Crippen LogP contribution >= 0.6 is 0 Å². The highest BCUT2D eigenvalue weighted by molar-refractivity contribution is 7.87. The van der Waals surface area contributed by atoms with Gasteiger partial charge in [-0.1, -0.05) is 19.3 Å². The summed E-state index contributed by atoms with van der Waals surface area (Å²) in [5.74, 6) is -0.688. The maximum atomic E-state index is 12.5. The Kier molecular flexibility index (Phi) is 5.62. The minimum atomic E-state index is -3.72. The quantitative estimate of drug-likeness (QED) is 0.808. The number of hydrogen-bond donors (Lipinski definition) is 2. The molecule has 21 heavy (non-hydrogen) atoms. The number of carboxylic acids is 1. The van der Waals surface area contributed by atoms with Crippen molar-refractivity contribution in [3.8, 4) is 0 Å². The zero-order valence-corrected chi connectivity index (χ0v) is 13.4. The molecule has 1 saturated carbocycles. The third-order valence-electron chi connectivity index (χ3n) is 4.74. The predicted molar refractivity (Wildman–Crippen MR) is 80.1 cm³/mol.